The van der Waals surface area contributed by atoms with Gasteiger partial charge in [-0.3, -0.25) is 9.80 Å². The van der Waals surface area contributed by atoms with Gasteiger partial charge >= 0.3 is 0 Å². The van der Waals surface area contributed by atoms with Crippen LogP contribution in [0.4, 0.5) is 0 Å². The Morgan fingerprint density at radius 1 is 0.833 bits per heavy atom. The van der Waals surface area contributed by atoms with Gasteiger partial charge in [-0.15, -0.1) is 0 Å². The fourth-order valence-corrected chi connectivity index (χ4v) is 4.89. The predicted molar refractivity (Wildman–Crippen MR) is 76.7 cm³/mol. The minimum absolute atomic E-state index is 0.779. The lowest BCUT2D eigenvalue weighted by atomic mass is 9.79. The summed E-state index contributed by atoms with van der Waals surface area (Å²) in [5.74, 6) is 1.88. The molecular weight excluding hydrogens is 220 g/mol. The van der Waals surface area contributed by atoms with Crippen molar-refractivity contribution < 1.29 is 0 Å². The van der Waals surface area contributed by atoms with Crippen molar-refractivity contribution in [2.24, 2.45) is 11.8 Å². The van der Waals surface area contributed by atoms with Crippen molar-refractivity contribution in [2.45, 2.75) is 71.0 Å². The topological polar surface area (TPSA) is 6.48 Å². The molecule has 0 spiro atoms. The minimum Gasteiger partial charge on any atom is -0.298 e. The molecule has 0 aromatic carbocycles. The molecule has 18 heavy (non-hydrogen) atoms. The van der Waals surface area contributed by atoms with Crippen molar-refractivity contribution in [3.05, 3.63) is 0 Å². The first-order valence-corrected chi connectivity index (χ1v) is 8.13. The van der Waals surface area contributed by atoms with Gasteiger partial charge in [0.05, 0.1) is 0 Å². The average molecular weight is 250 g/mol. The van der Waals surface area contributed by atoms with Crippen LogP contribution in [-0.2, 0) is 0 Å². The smallest absolute Gasteiger partial charge is 0.0224 e. The molecule has 0 N–H and O–H groups in total. The van der Waals surface area contributed by atoms with Gasteiger partial charge in [-0.1, -0.05) is 13.8 Å². The number of rotatable bonds is 1. The second kappa shape index (κ2) is 5.13. The van der Waals surface area contributed by atoms with Crippen molar-refractivity contribution >= 4 is 0 Å². The summed E-state index contributed by atoms with van der Waals surface area (Å²) >= 11 is 0. The highest BCUT2D eigenvalue weighted by molar-refractivity contribution is 4.94. The van der Waals surface area contributed by atoms with Crippen molar-refractivity contribution in [2.75, 3.05) is 19.6 Å². The molecule has 4 unspecified atom stereocenters. The lowest BCUT2D eigenvalue weighted by Gasteiger charge is -2.48. The predicted octanol–water partition coefficient (Wildman–Crippen LogP) is 2.98. The Balaban J connectivity index is 1.67. The van der Waals surface area contributed by atoms with Gasteiger partial charge in [-0.25, -0.2) is 0 Å². The Labute approximate surface area is 113 Å². The Hall–Kier alpha value is -0.0800. The third-order valence-electron chi connectivity index (χ3n) is 5.61. The van der Waals surface area contributed by atoms with E-state index in [1.54, 1.807) is 0 Å². The van der Waals surface area contributed by atoms with E-state index >= 15 is 0 Å². The van der Waals surface area contributed by atoms with Crippen LogP contribution in [0, 0.1) is 11.8 Å². The van der Waals surface area contributed by atoms with Crippen molar-refractivity contribution in [3.8, 4) is 0 Å². The largest absolute Gasteiger partial charge is 0.298 e. The van der Waals surface area contributed by atoms with E-state index in [9.17, 15) is 0 Å². The maximum atomic E-state index is 2.87. The number of fused-ring (bicyclic) bond motifs is 1. The first-order chi connectivity index (χ1) is 8.63. The Kier molecular flexibility index (Phi) is 3.68. The van der Waals surface area contributed by atoms with Crippen molar-refractivity contribution in [1.29, 1.82) is 0 Å². The third-order valence-corrected chi connectivity index (χ3v) is 5.61. The monoisotopic (exact) mass is 250 g/mol. The second-order valence-electron chi connectivity index (χ2n) is 7.41. The standard InChI is InChI=1S/C16H30N2/c1-12-7-13(2)9-16(8-12)18-11-15-5-4-6-17(15)10-14(18)3/h12-16H,4-11H2,1-3H3. The van der Waals surface area contributed by atoms with Crippen LogP contribution >= 0.6 is 0 Å². The van der Waals surface area contributed by atoms with Crippen LogP contribution < -0.4 is 0 Å². The van der Waals surface area contributed by atoms with Crippen LogP contribution in [0.1, 0.15) is 52.9 Å². The fraction of sp³-hybridized carbons (Fsp3) is 1.00. The normalized spacial score (nSPS) is 47.2. The number of hydrogen-bond donors (Lipinski definition) is 0. The van der Waals surface area contributed by atoms with Gasteiger partial charge in [0.2, 0.25) is 0 Å². The van der Waals surface area contributed by atoms with E-state index < -0.39 is 0 Å². The maximum absolute atomic E-state index is 2.87. The lowest BCUT2D eigenvalue weighted by Crippen LogP contribution is -2.59. The highest BCUT2D eigenvalue weighted by Crippen LogP contribution is 2.35. The van der Waals surface area contributed by atoms with Crippen LogP contribution in [0.3, 0.4) is 0 Å². The Morgan fingerprint density at radius 3 is 2.28 bits per heavy atom. The zero-order chi connectivity index (χ0) is 12.7. The quantitative estimate of drug-likeness (QED) is 0.706. The summed E-state index contributed by atoms with van der Waals surface area (Å²) in [4.78, 5) is 5.62. The Bertz CT molecular complexity index is 281. The molecule has 1 saturated carbocycles. The summed E-state index contributed by atoms with van der Waals surface area (Å²) in [6, 6.07) is 2.54. The molecule has 3 fully saturated rings. The van der Waals surface area contributed by atoms with E-state index in [1.165, 1.54) is 51.7 Å². The van der Waals surface area contributed by atoms with Gasteiger partial charge in [0, 0.05) is 31.2 Å². The van der Waals surface area contributed by atoms with Crippen LogP contribution in [0.25, 0.3) is 0 Å². The van der Waals surface area contributed by atoms with E-state index in [2.05, 4.69) is 30.6 Å². The second-order valence-corrected chi connectivity index (χ2v) is 7.41. The molecule has 3 aliphatic rings. The van der Waals surface area contributed by atoms with Crippen molar-refractivity contribution in [3.63, 3.8) is 0 Å². The van der Waals surface area contributed by atoms with Gasteiger partial charge < -0.3 is 0 Å². The van der Waals surface area contributed by atoms with Gasteiger partial charge in [0.15, 0.2) is 0 Å². The SMILES string of the molecule is CC1CC(C)CC(N2CC3CCCN3CC2C)C1. The fourth-order valence-electron chi connectivity index (χ4n) is 4.89. The first-order valence-electron chi connectivity index (χ1n) is 8.13. The summed E-state index contributed by atoms with van der Waals surface area (Å²) < 4.78 is 0. The Morgan fingerprint density at radius 2 is 1.56 bits per heavy atom. The molecule has 2 aliphatic heterocycles. The minimum atomic E-state index is 0.779. The highest BCUT2D eigenvalue weighted by Gasteiger charge is 2.39. The number of piperazine rings is 1. The molecule has 0 bridgehead atoms. The highest BCUT2D eigenvalue weighted by atomic mass is 15.3. The molecule has 0 aromatic rings. The van der Waals surface area contributed by atoms with E-state index in [1.807, 2.05) is 0 Å². The van der Waals surface area contributed by atoms with Crippen LogP contribution in [0.15, 0.2) is 0 Å². The van der Waals surface area contributed by atoms with Crippen LogP contribution in [-0.4, -0.2) is 47.6 Å². The van der Waals surface area contributed by atoms with Gasteiger partial charge in [0.25, 0.3) is 0 Å². The summed E-state index contributed by atoms with van der Waals surface area (Å²) in [5.41, 5.74) is 0. The van der Waals surface area contributed by atoms with E-state index in [0.717, 1.165) is 30.0 Å². The van der Waals surface area contributed by atoms with Gasteiger partial charge in [-0.2, -0.15) is 0 Å². The third kappa shape index (κ3) is 2.46. The van der Waals surface area contributed by atoms with Gasteiger partial charge in [-0.05, 0) is 57.4 Å². The molecule has 2 saturated heterocycles. The van der Waals surface area contributed by atoms with Crippen LogP contribution in [0.2, 0.25) is 0 Å². The molecule has 0 radical (unpaired) electrons. The molecule has 2 nitrogen and oxygen atoms in total. The first kappa shape index (κ1) is 12.9. The molecule has 104 valence electrons. The average Bonchev–Trinajstić information content (AvgIpc) is 2.73. The summed E-state index contributed by atoms with van der Waals surface area (Å²) in [5, 5.41) is 0. The molecule has 3 rings (SSSR count). The van der Waals surface area contributed by atoms with E-state index in [-0.39, 0.29) is 0 Å². The van der Waals surface area contributed by atoms with E-state index in [0.29, 0.717) is 0 Å². The molecule has 1 aliphatic carbocycles. The number of nitrogens with zero attached hydrogens (tertiary/aromatic N) is 2. The molecule has 0 amide bonds. The molecular formula is C16H30N2. The van der Waals surface area contributed by atoms with Crippen LogP contribution in [0.5, 0.6) is 0 Å². The lowest BCUT2D eigenvalue weighted by molar-refractivity contribution is 0.00165. The van der Waals surface area contributed by atoms with Crippen molar-refractivity contribution in [1.82, 2.24) is 9.80 Å². The molecule has 2 heterocycles. The summed E-state index contributed by atoms with van der Waals surface area (Å²) in [6.45, 7) is 11.4. The summed E-state index contributed by atoms with van der Waals surface area (Å²) in [7, 11) is 0. The number of hydrogen-bond acceptors (Lipinski definition) is 2. The zero-order valence-corrected chi connectivity index (χ0v) is 12.4. The molecule has 0 aromatic heterocycles. The van der Waals surface area contributed by atoms with Gasteiger partial charge in [0.1, 0.15) is 0 Å². The van der Waals surface area contributed by atoms with E-state index in [4.69, 9.17) is 0 Å². The molecule has 2 heteroatoms. The zero-order valence-electron chi connectivity index (χ0n) is 12.4. The maximum Gasteiger partial charge on any atom is 0.0224 e. The molecule has 4 atom stereocenters. The summed E-state index contributed by atoms with van der Waals surface area (Å²) in [6.07, 6.45) is 7.22.